The van der Waals surface area contributed by atoms with Crippen molar-refractivity contribution in [2.24, 2.45) is 10.8 Å². The molecule has 1 heterocycles. The zero-order valence-electron chi connectivity index (χ0n) is 17.3. The van der Waals surface area contributed by atoms with E-state index in [1.807, 2.05) is 0 Å². The standard InChI is InChI=1S/C23H37N2/c1-8-24-13-14-25(18-24)17-19-9-11-20(12-10-19)21(15-22(2,3)4)16-23(5,6)7/h9-14,18,21H,8,15-17H2,1-7H3/q+1. The molecule has 2 nitrogen and oxygen atoms in total. The minimum absolute atomic E-state index is 0.355. The largest absolute Gasteiger partial charge is 0.244 e. The zero-order valence-corrected chi connectivity index (χ0v) is 17.3. The number of aromatic nitrogens is 2. The Balaban J connectivity index is 2.13. The summed E-state index contributed by atoms with van der Waals surface area (Å²) in [5.41, 5.74) is 3.57. The highest BCUT2D eigenvalue weighted by molar-refractivity contribution is 5.26. The van der Waals surface area contributed by atoms with Gasteiger partial charge in [0.2, 0.25) is 6.33 Å². The lowest BCUT2D eigenvalue weighted by molar-refractivity contribution is -0.693. The Hall–Kier alpha value is -1.57. The maximum Gasteiger partial charge on any atom is 0.244 e. The summed E-state index contributed by atoms with van der Waals surface area (Å²) in [6, 6.07) is 9.33. The van der Waals surface area contributed by atoms with Crippen LogP contribution in [0.4, 0.5) is 0 Å². The number of nitrogens with zero attached hydrogens (tertiary/aromatic N) is 2. The molecule has 25 heavy (non-hydrogen) atoms. The molecule has 0 aliphatic heterocycles. The molecule has 0 unspecified atom stereocenters. The molecule has 1 aromatic carbocycles. The molecule has 0 N–H and O–H groups in total. The Morgan fingerprint density at radius 3 is 1.92 bits per heavy atom. The summed E-state index contributed by atoms with van der Waals surface area (Å²) < 4.78 is 4.46. The van der Waals surface area contributed by atoms with E-state index in [9.17, 15) is 0 Å². The molecular formula is C23H37N2+. The van der Waals surface area contributed by atoms with Gasteiger partial charge in [-0.1, -0.05) is 65.8 Å². The van der Waals surface area contributed by atoms with E-state index in [1.54, 1.807) is 0 Å². The van der Waals surface area contributed by atoms with Crippen molar-refractivity contribution in [1.29, 1.82) is 0 Å². The van der Waals surface area contributed by atoms with Crippen LogP contribution >= 0.6 is 0 Å². The van der Waals surface area contributed by atoms with Gasteiger partial charge in [0.1, 0.15) is 18.9 Å². The fraction of sp³-hybridized carbons (Fsp3) is 0.609. The normalized spacial score (nSPS) is 12.8. The maximum absolute atomic E-state index is 2.36. The Labute approximate surface area is 154 Å². The van der Waals surface area contributed by atoms with E-state index in [0.29, 0.717) is 16.7 Å². The van der Waals surface area contributed by atoms with Gasteiger partial charge >= 0.3 is 0 Å². The SMILES string of the molecule is CC[n+]1ccn(Cc2ccc(C(CC(C)(C)C)CC(C)(C)C)cc2)c1. The van der Waals surface area contributed by atoms with Crippen molar-refractivity contribution in [3.05, 3.63) is 54.1 Å². The van der Waals surface area contributed by atoms with Gasteiger partial charge in [0.15, 0.2) is 0 Å². The lowest BCUT2D eigenvalue weighted by atomic mass is 9.74. The molecule has 0 fully saturated rings. The molecule has 2 heteroatoms. The summed E-state index contributed by atoms with van der Waals surface area (Å²) in [6.45, 7) is 18.3. The second-order valence-corrected chi connectivity index (χ2v) is 9.88. The van der Waals surface area contributed by atoms with E-state index in [-0.39, 0.29) is 0 Å². The van der Waals surface area contributed by atoms with Gasteiger partial charge in [-0.25, -0.2) is 9.13 Å². The van der Waals surface area contributed by atoms with Crippen LogP contribution in [0.15, 0.2) is 43.0 Å². The van der Waals surface area contributed by atoms with Crippen LogP contribution in [-0.4, -0.2) is 4.57 Å². The van der Waals surface area contributed by atoms with Crippen molar-refractivity contribution < 1.29 is 4.57 Å². The van der Waals surface area contributed by atoms with Crippen LogP contribution in [0.25, 0.3) is 0 Å². The first-order valence-electron chi connectivity index (χ1n) is 9.69. The van der Waals surface area contributed by atoms with Gasteiger partial charge in [0, 0.05) is 0 Å². The average molecular weight is 342 g/mol. The van der Waals surface area contributed by atoms with Crippen LogP contribution in [0.1, 0.15) is 78.4 Å². The fourth-order valence-electron chi connectivity index (χ4n) is 3.61. The third-order valence-electron chi connectivity index (χ3n) is 4.65. The van der Waals surface area contributed by atoms with E-state index in [2.05, 4.69) is 101 Å². The summed E-state index contributed by atoms with van der Waals surface area (Å²) in [6.07, 6.45) is 8.93. The van der Waals surface area contributed by atoms with Crippen molar-refractivity contribution in [3.63, 3.8) is 0 Å². The Morgan fingerprint density at radius 2 is 1.48 bits per heavy atom. The molecule has 0 saturated carbocycles. The van der Waals surface area contributed by atoms with Crippen LogP contribution in [0.5, 0.6) is 0 Å². The van der Waals surface area contributed by atoms with E-state index in [0.717, 1.165) is 13.1 Å². The van der Waals surface area contributed by atoms with Crippen molar-refractivity contribution in [2.75, 3.05) is 0 Å². The third kappa shape index (κ3) is 6.68. The summed E-state index contributed by atoms with van der Waals surface area (Å²) in [7, 11) is 0. The van der Waals surface area contributed by atoms with Gasteiger partial charge in [0.25, 0.3) is 0 Å². The Kier molecular flexibility index (Phi) is 6.13. The highest BCUT2D eigenvalue weighted by Crippen LogP contribution is 2.39. The molecule has 0 aliphatic rings. The first-order valence-corrected chi connectivity index (χ1v) is 9.69. The molecule has 1 aromatic heterocycles. The predicted octanol–water partition coefficient (Wildman–Crippen LogP) is 5.80. The van der Waals surface area contributed by atoms with Gasteiger partial charge in [0.05, 0.1) is 6.54 Å². The fourth-order valence-corrected chi connectivity index (χ4v) is 3.61. The van der Waals surface area contributed by atoms with Gasteiger partial charge in [-0.05, 0) is 47.6 Å². The third-order valence-corrected chi connectivity index (χ3v) is 4.65. The highest BCUT2D eigenvalue weighted by atomic mass is 15.1. The Morgan fingerprint density at radius 1 is 0.920 bits per heavy atom. The summed E-state index contributed by atoms with van der Waals surface area (Å²) in [5.74, 6) is 0.628. The van der Waals surface area contributed by atoms with Gasteiger partial charge in [-0.15, -0.1) is 0 Å². The molecule has 0 saturated heterocycles. The number of aryl methyl sites for hydroxylation is 1. The molecular weight excluding hydrogens is 304 g/mol. The van der Waals surface area contributed by atoms with Crippen molar-refractivity contribution in [3.8, 4) is 0 Å². The van der Waals surface area contributed by atoms with E-state index < -0.39 is 0 Å². The monoisotopic (exact) mass is 341 g/mol. The van der Waals surface area contributed by atoms with E-state index >= 15 is 0 Å². The number of hydrogen-bond acceptors (Lipinski definition) is 0. The van der Waals surface area contributed by atoms with E-state index in [4.69, 9.17) is 0 Å². The number of hydrogen-bond donors (Lipinski definition) is 0. The smallest absolute Gasteiger partial charge is 0.237 e. The minimum atomic E-state index is 0.355. The minimum Gasteiger partial charge on any atom is -0.237 e. The van der Waals surface area contributed by atoms with Crippen molar-refractivity contribution >= 4 is 0 Å². The molecule has 0 amide bonds. The maximum atomic E-state index is 2.36. The molecule has 0 bridgehead atoms. The van der Waals surface area contributed by atoms with Gasteiger partial charge < -0.3 is 0 Å². The molecule has 138 valence electrons. The highest BCUT2D eigenvalue weighted by Gasteiger charge is 2.25. The van der Waals surface area contributed by atoms with Crippen LogP contribution < -0.4 is 4.57 Å². The van der Waals surface area contributed by atoms with Crippen LogP contribution in [0, 0.1) is 10.8 Å². The molecule has 2 rings (SSSR count). The topological polar surface area (TPSA) is 8.81 Å². The van der Waals surface area contributed by atoms with Gasteiger partial charge in [-0.3, -0.25) is 0 Å². The van der Waals surface area contributed by atoms with E-state index in [1.165, 1.54) is 24.0 Å². The van der Waals surface area contributed by atoms with Crippen LogP contribution in [0.2, 0.25) is 0 Å². The summed E-state index contributed by atoms with van der Waals surface area (Å²) in [4.78, 5) is 0. The molecule has 0 spiro atoms. The lowest BCUT2D eigenvalue weighted by Gasteiger charge is -2.31. The molecule has 0 aliphatic carbocycles. The summed E-state index contributed by atoms with van der Waals surface area (Å²) in [5, 5.41) is 0. The molecule has 0 atom stereocenters. The lowest BCUT2D eigenvalue weighted by Crippen LogP contribution is -2.28. The number of imidazole rings is 1. The first-order chi connectivity index (χ1) is 11.6. The van der Waals surface area contributed by atoms with Crippen molar-refractivity contribution in [2.45, 2.75) is 80.3 Å². The first kappa shape index (κ1) is 19.8. The van der Waals surface area contributed by atoms with Crippen LogP contribution in [0.3, 0.4) is 0 Å². The van der Waals surface area contributed by atoms with Crippen molar-refractivity contribution in [1.82, 2.24) is 4.57 Å². The second-order valence-electron chi connectivity index (χ2n) is 9.88. The number of rotatable bonds is 6. The molecule has 2 aromatic rings. The quantitative estimate of drug-likeness (QED) is 0.587. The van der Waals surface area contributed by atoms with Gasteiger partial charge in [-0.2, -0.15) is 0 Å². The Bertz CT molecular complexity index is 635. The number of benzene rings is 1. The average Bonchev–Trinajstić information content (AvgIpc) is 2.92. The predicted molar refractivity (Wildman–Crippen MR) is 107 cm³/mol. The molecule has 0 radical (unpaired) electrons. The summed E-state index contributed by atoms with van der Waals surface area (Å²) >= 11 is 0. The zero-order chi connectivity index (χ0) is 18.7. The van der Waals surface area contributed by atoms with Crippen LogP contribution in [-0.2, 0) is 13.1 Å². The second kappa shape index (κ2) is 7.76.